The van der Waals surface area contributed by atoms with Gasteiger partial charge in [0.25, 0.3) is 0 Å². The monoisotopic (exact) mass is 468 g/mol. The molecule has 0 aliphatic rings. The molecule has 180 valence electrons. The highest BCUT2D eigenvalue weighted by atomic mass is 16.5. The van der Waals surface area contributed by atoms with E-state index < -0.39 is 23.9 Å². The van der Waals surface area contributed by atoms with E-state index in [1.54, 1.807) is 0 Å². The summed E-state index contributed by atoms with van der Waals surface area (Å²) in [6, 6.07) is 11.7. The number of esters is 4. The first-order valence-corrected chi connectivity index (χ1v) is 11.0. The molecule has 0 spiro atoms. The molecule has 0 bridgehead atoms. The van der Waals surface area contributed by atoms with Gasteiger partial charge in [0.1, 0.15) is 11.5 Å². The van der Waals surface area contributed by atoms with Gasteiger partial charge in [-0.2, -0.15) is 0 Å². The Morgan fingerprint density at radius 3 is 1.62 bits per heavy atom. The van der Waals surface area contributed by atoms with Crippen LogP contribution in [0.4, 0.5) is 0 Å². The Morgan fingerprint density at radius 2 is 1.15 bits per heavy atom. The molecule has 0 aliphatic carbocycles. The van der Waals surface area contributed by atoms with Crippen LogP contribution >= 0.6 is 0 Å². The molecule has 0 atom stereocenters. The molecule has 2 aromatic carbocycles. The third-order valence-corrected chi connectivity index (χ3v) is 4.64. The molecule has 0 saturated heterocycles. The fraction of sp³-hybridized carbons (Fsp3) is 0.308. The number of carbonyl (C=O) groups is 4. The minimum absolute atomic E-state index is 0.194. The maximum absolute atomic E-state index is 12.0. The highest BCUT2D eigenvalue weighted by Crippen LogP contribution is 2.15. The van der Waals surface area contributed by atoms with Crippen LogP contribution in [0.3, 0.4) is 0 Å². The number of hydrogen-bond acceptors (Lipinski definition) is 8. The SMILES string of the molecule is CCCCCCCOC(=O)c1ccc(OC(=O)/C=C\C(=O)Oc2ccc(C(=O)OC)cc2)cc1. The van der Waals surface area contributed by atoms with Crippen LogP contribution in [0, 0.1) is 0 Å². The van der Waals surface area contributed by atoms with Gasteiger partial charge in [-0.25, -0.2) is 19.2 Å². The van der Waals surface area contributed by atoms with Gasteiger partial charge in [0, 0.05) is 12.2 Å². The zero-order valence-corrected chi connectivity index (χ0v) is 19.3. The fourth-order valence-electron chi connectivity index (χ4n) is 2.83. The summed E-state index contributed by atoms with van der Waals surface area (Å²) in [6.45, 7) is 2.51. The predicted octanol–water partition coefficient (Wildman–Crippen LogP) is 4.67. The van der Waals surface area contributed by atoms with E-state index in [-0.39, 0.29) is 11.5 Å². The van der Waals surface area contributed by atoms with E-state index in [1.165, 1.54) is 62.1 Å². The average molecular weight is 469 g/mol. The lowest BCUT2D eigenvalue weighted by Crippen LogP contribution is -2.09. The van der Waals surface area contributed by atoms with E-state index >= 15 is 0 Å². The van der Waals surface area contributed by atoms with Crippen molar-refractivity contribution < 1.29 is 38.1 Å². The number of carbonyl (C=O) groups excluding carboxylic acids is 4. The summed E-state index contributed by atoms with van der Waals surface area (Å²) < 4.78 is 20.0. The van der Waals surface area contributed by atoms with Crippen molar-refractivity contribution in [2.24, 2.45) is 0 Å². The van der Waals surface area contributed by atoms with Crippen LogP contribution < -0.4 is 9.47 Å². The molecule has 0 saturated carbocycles. The van der Waals surface area contributed by atoms with Crippen molar-refractivity contribution in [3.05, 3.63) is 71.8 Å². The van der Waals surface area contributed by atoms with Gasteiger partial charge in [0.05, 0.1) is 24.8 Å². The van der Waals surface area contributed by atoms with Gasteiger partial charge in [0.2, 0.25) is 0 Å². The van der Waals surface area contributed by atoms with Crippen LogP contribution in [0.1, 0.15) is 59.7 Å². The van der Waals surface area contributed by atoms with Crippen LogP contribution in [0.2, 0.25) is 0 Å². The lowest BCUT2D eigenvalue weighted by atomic mass is 10.2. The van der Waals surface area contributed by atoms with Crippen molar-refractivity contribution in [1.82, 2.24) is 0 Å². The van der Waals surface area contributed by atoms with Gasteiger partial charge in [-0.15, -0.1) is 0 Å². The smallest absolute Gasteiger partial charge is 0.338 e. The lowest BCUT2D eigenvalue weighted by Gasteiger charge is -2.06. The highest BCUT2D eigenvalue weighted by Gasteiger charge is 2.09. The molecular formula is C26H28O8. The Morgan fingerprint density at radius 1 is 0.676 bits per heavy atom. The summed E-state index contributed by atoms with van der Waals surface area (Å²) in [5, 5.41) is 0. The van der Waals surface area contributed by atoms with Gasteiger partial charge in [-0.3, -0.25) is 0 Å². The number of benzene rings is 2. The largest absolute Gasteiger partial charge is 0.465 e. The summed E-state index contributed by atoms with van der Waals surface area (Å²) in [5.41, 5.74) is 0.661. The van der Waals surface area contributed by atoms with Crippen LogP contribution in [0.5, 0.6) is 11.5 Å². The number of hydrogen-bond donors (Lipinski definition) is 0. The van der Waals surface area contributed by atoms with E-state index in [0.29, 0.717) is 17.7 Å². The second-order valence-corrected chi connectivity index (χ2v) is 7.27. The molecule has 2 rings (SSSR count). The number of ether oxygens (including phenoxy) is 4. The van der Waals surface area contributed by atoms with Crippen molar-refractivity contribution in [3.8, 4) is 11.5 Å². The average Bonchev–Trinajstić information content (AvgIpc) is 2.85. The van der Waals surface area contributed by atoms with E-state index in [1.807, 2.05) is 0 Å². The molecular weight excluding hydrogens is 440 g/mol. The van der Waals surface area contributed by atoms with E-state index in [0.717, 1.165) is 37.8 Å². The van der Waals surface area contributed by atoms with Crippen LogP contribution in [0.25, 0.3) is 0 Å². The van der Waals surface area contributed by atoms with E-state index in [2.05, 4.69) is 11.7 Å². The van der Waals surface area contributed by atoms with E-state index in [9.17, 15) is 19.2 Å². The molecule has 8 nitrogen and oxygen atoms in total. The maximum Gasteiger partial charge on any atom is 0.338 e. The molecule has 2 aromatic rings. The van der Waals surface area contributed by atoms with Crippen LogP contribution in [-0.2, 0) is 19.1 Å². The summed E-state index contributed by atoms with van der Waals surface area (Å²) in [6.07, 6.45) is 7.16. The first kappa shape index (κ1) is 26.3. The molecule has 0 N–H and O–H groups in total. The minimum Gasteiger partial charge on any atom is -0.465 e. The van der Waals surface area contributed by atoms with Gasteiger partial charge < -0.3 is 18.9 Å². The number of methoxy groups -OCH3 is 1. The van der Waals surface area contributed by atoms with Crippen LogP contribution in [0.15, 0.2) is 60.7 Å². The molecule has 0 heterocycles. The summed E-state index contributed by atoms with van der Waals surface area (Å²) in [4.78, 5) is 47.2. The second kappa shape index (κ2) is 14.3. The van der Waals surface area contributed by atoms with Gasteiger partial charge in [0.15, 0.2) is 0 Å². The van der Waals surface area contributed by atoms with Gasteiger partial charge in [-0.1, -0.05) is 32.6 Å². The Kier molecular flexibility index (Phi) is 11.0. The number of rotatable bonds is 12. The van der Waals surface area contributed by atoms with Crippen molar-refractivity contribution in [3.63, 3.8) is 0 Å². The predicted molar refractivity (Wildman–Crippen MR) is 124 cm³/mol. The lowest BCUT2D eigenvalue weighted by molar-refractivity contribution is -0.131. The molecule has 0 amide bonds. The Labute approximate surface area is 198 Å². The summed E-state index contributed by atoms with van der Waals surface area (Å²) in [7, 11) is 1.26. The second-order valence-electron chi connectivity index (χ2n) is 7.27. The summed E-state index contributed by atoms with van der Waals surface area (Å²) >= 11 is 0. The van der Waals surface area contributed by atoms with Crippen molar-refractivity contribution >= 4 is 23.9 Å². The normalized spacial score (nSPS) is 10.5. The molecule has 0 fully saturated rings. The zero-order chi connectivity index (χ0) is 24.8. The third kappa shape index (κ3) is 9.28. The molecule has 0 radical (unpaired) electrons. The maximum atomic E-state index is 12.0. The van der Waals surface area contributed by atoms with Crippen molar-refractivity contribution in [1.29, 1.82) is 0 Å². The van der Waals surface area contributed by atoms with E-state index in [4.69, 9.17) is 14.2 Å². The standard InChI is InChI=1S/C26H28O8/c1-3-4-5-6-7-18-32-26(30)20-10-14-22(15-11-20)34-24(28)17-16-23(27)33-21-12-8-19(9-13-21)25(29)31-2/h8-17H,3-7,18H2,1-2H3/b17-16-. The summed E-state index contributed by atoms with van der Waals surface area (Å²) in [5.74, 6) is -2.13. The fourth-order valence-corrected chi connectivity index (χ4v) is 2.83. The first-order chi connectivity index (χ1) is 16.4. The minimum atomic E-state index is -0.796. The van der Waals surface area contributed by atoms with Crippen molar-refractivity contribution in [2.75, 3.05) is 13.7 Å². The van der Waals surface area contributed by atoms with Crippen LogP contribution in [-0.4, -0.2) is 37.6 Å². The molecule has 0 unspecified atom stereocenters. The van der Waals surface area contributed by atoms with Gasteiger partial charge in [-0.05, 0) is 55.0 Å². The first-order valence-electron chi connectivity index (χ1n) is 11.0. The Balaban J connectivity index is 1.76. The molecule has 0 aromatic heterocycles. The Hall–Kier alpha value is -3.94. The van der Waals surface area contributed by atoms with Crippen molar-refractivity contribution in [2.45, 2.75) is 39.0 Å². The molecule has 34 heavy (non-hydrogen) atoms. The zero-order valence-electron chi connectivity index (χ0n) is 19.3. The molecule has 0 aliphatic heterocycles. The van der Waals surface area contributed by atoms with Gasteiger partial charge >= 0.3 is 23.9 Å². The third-order valence-electron chi connectivity index (χ3n) is 4.64. The molecule has 8 heteroatoms. The highest BCUT2D eigenvalue weighted by molar-refractivity contribution is 5.94. The Bertz CT molecular complexity index is 990. The topological polar surface area (TPSA) is 105 Å². The quantitative estimate of drug-likeness (QED) is 0.192. The number of unbranched alkanes of at least 4 members (excludes halogenated alkanes) is 4.